The fourth-order valence-electron chi connectivity index (χ4n) is 1.46. The number of alkyl halides is 3. The molecule has 0 fully saturated rings. The molecule has 2 N–H and O–H groups in total. The van der Waals surface area contributed by atoms with Gasteiger partial charge in [0.2, 0.25) is 0 Å². The highest BCUT2D eigenvalue weighted by molar-refractivity contribution is 5.98. The maximum absolute atomic E-state index is 11.8. The Kier molecular flexibility index (Phi) is 3.79. The highest BCUT2D eigenvalue weighted by atomic mass is 19.4. The number of nitrogens with one attached hydrogen (secondary N) is 2. The van der Waals surface area contributed by atoms with Gasteiger partial charge in [-0.15, -0.1) is 0 Å². The minimum atomic E-state index is -4.53. The predicted octanol–water partition coefficient (Wildman–Crippen LogP) is 1.24. The van der Waals surface area contributed by atoms with E-state index >= 15 is 0 Å². The van der Waals surface area contributed by atoms with Crippen LogP contribution in [0.5, 0.6) is 5.75 Å². The Labute approximate surface area is 110 Å². The molecule has 2 rings (SSSR count). The third-order valence-electron chi connectivity index (χ3n) is 2.28. The lowest BCUT2D eigenvalue weighted by Crippen LogP contribution is -2.30. The van der Waals surface area contributed by atoms with Crippen LogP contribution in [0.1, 0.15) is 10.4 Å². The largest absolute Gasteiger partial charge is 0.482 e. The Morgan fingerprint density at radius 2 is 2.20 bits per heavy atom. The zero-order valence-corrected chi connectivity index (χ0v) is 9.91. The Morgan fingerprint density at radius 1 is 1.45 bits per heavy atom. The Hall–Kier alpha value is -2.29. The molecular formula is C11H9F3N2O4. The monoisotopic (exact) mass is 290 g/mol. The zero-order chi connectivity index (χ0) is 14.8. The summed E-state index contributed by atoms with van der Waals surface area (Å²) >= 11 is 0. The van der Waals surface area contributed by atoms with E-state index in [0.717, 1.165) is 0 Å². The van der Waals surface area contributed by atoms with Crippen LogP contribution in [0.2, 0.25) is 0 Å². The summed E-state index contributed by atoms with van der Waals surface area (Å²) in [7, 11) is 0. The second-order valence-corrected chi connectivity index (χ2v) is 3.88. The van der Waals surface area contributed by atoms with E-state index in [9.17, 15) is 22.8 Å². The van der Waals surface area contributed by atoms with Crippen molar-refractivity contribution in [3.05, 3.63) is 23.8 Å². The van der Waals surface area contributed by atoms with E-state index < -0.39 is 18.7 Å². The fraction of sp³-hybridized carbons (Fsp3) is 0.273. The Bertz CT molecular complexity index is 545. The summed E-state index contributed by atoms with van der Waals surface area (Å²) in [5.74, 6) is -0.922. The first-order chi connectivity index (χ1) is 9.35. The van der Waals surface area contributed by atoms with Gasteiger partial charge in [-0.1, -0.05) is 0 Å². The summed E-state index contributed by atoms with van der Waals surface area (Å²) in [6, 6.07) is 4.02. The topological polar surface area (TPSA) is 76.7 Å². The van der Waals surface area contributed by atoms with Crippen LogP contribution < -0.4 is 15.5 Å². The van der Waals surface area contributed by atoms with Crippen LogP contribution in [-0.2, 0) is 9.63 Å². The van der Waals surface area contributed by atoms with Crippen molar-refractivity contribution in [3.8, 4) is 5.75 Å². The minimum Gasteiger partial charge on any atom is -0.482 e. The molecule has 9 heteroatoms. The normalized spacial score (nSPS) is 14.1. The average Bonchev–Trinajstić information content (AvgIpc) is 2.36. The van der Waals surface area contributed by atoms with Crippen LogP contribution in [0.4, 0.5) is 18.9 Å². The molecule has 0 bridgehead atoms. The van der Waals surface area contributed by atoms with E-state index in [-0.39, 0.29) is 23.8 Å². The fourth-order valence-corrected chi connectivity index (χ4v) is 1.46. The number of amides is 2. The molecule has 1 aliphatic heterocycles. The molecular weight excluding hydrogens is 281 g/mol. The second kappa shape index (κ2) is 5.37. The van der Waals surface area contributed by atoms with Crippen molar-refractivity contribution in [2.24, 2.45) is 0 Å². The van der Waals surface area contributed by atoms with Crippen molar-refractivity contribution < 1.29 is 32.3 Å². The van der Waals surface area contributed by atoms with Gasteiger partial charge in [0.1, 0.15) is 5.75 Å². The van der Waals surface area contributed by atoms with Gasteiger partial charge in [0.05, 0.1) is 5.69 Å². The van der Waals surface area contributed by atoms with Gasteiger partial charge in [0.25, 0.3) is 11.8 Å². The van der Waals surface area contributed by atoms with E-state index in [1.54, 1.807) is 5.48 Å². The summed E-state index contributed by atoms with van der Waals surface area (Å²) < 4.78 is 40.6. The zero-order valence-electron chi connectivity index (χ0n) is 9.91. The summed E-state index contributed by atoms with van der Waals surface area (Å²) in [5.41, 5.74) is 2.10. The number of hydrogen-bond acceptors (Lipinski definition) is 4. The summed E-state index contributed by atoms with van der Waals surface area (Å²) in [6.45, 7) is -1.78. The number of benzene rings is 1. The smallest absolute Gasteiger partial charge is 0.414 e. The SMILES string of the molecule is O=C1COc2cc(C(=O)NOCC(F)(F)F)ccc2N1. The van der Waals surface area contributed by atoms with Crippen LogP contribution in [0.25, 0.3) is 0 Å². The van der Waals surface area contributed by atoms with E-state index in [1.165, 1.54) is 18.2 Å². The van der Waals surface area contributed by atoms with Gasteiger partial charge in [-0.2, -0.15) is 13.2 Å². The van der Waals surface area contributed by atoms with Gasteiger partial charge in [0, 0.05) is 5.56 Å². The first-order valence-electron chi connectivity index (χ1n) is 5.41. The second-order valence-electron chi connectivity index (χ2n) is 3.88. The summed E-state index contributed by atoms with van der Waals surface area (Å²) in [4.78, 5) is 26.6. The molecule has 0 spiro atoms. The molecule has 1 aromatic rings. The van der Waals surface area contributed by atoms with Crippen molar-refractivity contribution in [2.75, 3.05) is 18.5 Å². The lowest BCUT2D eigenvalue weighted by atomic mass is 10.1. The van der Waals surface area contributed by atoms with Gasteiger partial charge in [-0.3, -0.25) is 14.4 Å². The Morgan fingerprint density at radius 3 is 2.90 bits per heavy atom. The van der Waals surface area contributed by atoms with Crippen LogP contribution in [0.15, 0.2) is 18.2 Å². The van der Waals surface area contributed by atoms with Gasteiger partial charge in [0.15, 0.2) is 13.2 Å². The molecule has 108 valence electrons. The molecule has 1 aliphatic rings. The van der Waals surface area contributed by atoms with Crippen LogP contribution >= 0.6 is 0 Å². The van der Waals surface area contributed by atoms with Crippen LogP contribution in [0, 0.1) is 0 Å². The van der Waals surface area contributed by atoms with Gasteiger partial charge < -0.3 is 10.1 Å². The number of halogens is 3. The number of hydrogen-bond donors (Lipinski definition) is 2. The number of hydroxylamine groups is 1. The summed E-state index contributed by atoms with van der Waals surface area (Å²) in [5, 5.41) is 2.51. The molecule has 0 aromatic heterocycles. The minimum absolute atomic E-state index is 0.0436. The van der Waals surface area contributed by atoms with E-state index in [1.807, 2.05) is 0 Å². The van der Waals surface area contributed by atoms with Gasteiger partial charge in [-0.05, 0) is 18.2 Å². The molecule has 2 amide bonds. The van der Waals surface area contributed by atoms with Crippen molar-refractivity contribution >= 4 is 17.5 Å². The first kappa shape index (κ1) is 14.1. The van der Waals surface area contributed by atoms with Crippen molar-refractivity contribution in [3.63, 3.8) is 0 Å². The number of anilines is 1. The van der Waals surface area contributed by atoms with E-state index in [2.05, 4.69) is 10.2 Å². The third kappa shape index (κ3) is 3.60. The van der Waals surface area contributed by atoms with Gasteiger partial charge in [-0.25, -0.2) is 5.48 Å². The number of carbonyl (C=O) groups is 2. The van der Waals surface area contributed by atoms with Crippen LogP contribution in [0.3, 0.4) is 0 Å². The maximum Gasteiger partial charge on any atom is 0.414 e. The van der Waals surface area contributed by atoms with Crippen LogP contribution in [-0.4, -0.2) is 31.2 Å². The molecule has 0 saturated carbocycles. The van der Waals surface area contributed by atoms with Crippen molar-refractivity contribution in [1.29, 1.82) is 0 Å². The predicted molar refractivity (Wildman–Crippen MR) is 60.0 cm³/mol. The van der Waals surface area contributed by atoms with E-state index in [4.69, 9.17) is 4.74 Å². The molecule has 0 radical (unpaired) electrons. The molecule has 1 heterocycles. The van der Waals surface area contributed by atoms with E-state index in [0.29, 0.717) is 5.69 Å². The molecule has 20 heavy (non-hydrogen) atoms. The molecule has 0 atom stereocenters. The number of ether oxygens (including phenoxy) is 1. The number of rotatable bonds is 3. The van der Waals surface area contributed by atoms with Gasteiger partial charge >= 0.3 is 6.18 Å². The lowest BCUT2D eigenvalue weighted by molar-refractivity contribution is -0.184. The summed E-state index contributed by atoms with van der Waals surface area (Å²) in [6.07, 6.45) is -4.53. The maximum atomic E-state index is 11.8. The molecule has 0 saturated heterocycles. The standard InChI is InChI=1S/C11H9F3N2O4/c12-11(13,14)5-20-16-10(18)6-1-2-7-8(3-6)19-4-9(17)15-7/h1-3H,4-5H2,(H,15,17)(H,16,18). The van der Waals surface area contributed by atoms with Crippen molar-refractivity contribution in [1.82, 2.24) is 5.48 Å². The quantitative estimate of drug-likeness (QED) is 0.821. The highest BCUT2D eigenvalue weighted by Gasteiger charge is 2.28. The average molecular weight is 290 g/mol. The highest BCUT2D eigenvalue weighted by Crippen LogP contribution is 2.28. The Balaban J connectivity index is 1.99. The first-order valence-corrected chi connectivity index (χ1v) is 5.41. The molecule has 0 aliphatic carbocycles. The molecule has 1 aromatic carbocycles. The third-order valence-corrected chi connectivity index (χ3v) is 2.28. The number of carbonyl (C=O) groups excluding carboxylic acids is 2. The molecule has 6 nitrogen and oxygen atoms in total. The molecule has 0 unspecified atom stereocenters. The number of fused-ring (bicyclic) bond motifs is 1. The van der Waals surface area contributed by atoms with Crippen molar-refractivity contribution in [2.45, 2.75) is 6.18 Å². The lowest BCUT2D eigenvalue weighted by Gasteiger charge is -2.18.